The van der Waals surface area contributed by atoms with Crippen LogP contribution in [-0.2, 0) is 15.9 Å². The second-order valence-corrected chi connectivity index (χ2v) is 8.66. The molecule has 0 fully saturated rings. The molecule has 29 heavy (non-hydrogen) atoms. The summed E-state index contributed by atoms with van der Waals surface area (Å²) in [6.45, 7) is 2.85. The van der Waals surface area contributed by atoms with E-state index < -0.39 is 0 Å². The van der Waals surface area contributed by atoms with Gasteiger partial charge in [0.15, 0.2) is 0 Å². The van der Waals surface area contributed by atoms with E-state index >= 15 is 0 Å². The summed E-state index contributed by atoms with van der Waals surface area (Å²) in [6.07, 6.45) is 22.3. The number of aromatic nitrogens is 1. The molecule has 148 valence electrons. The Morgan fingerprint density at radius 1 is 1.10 bits per heavy atom. The Morgan fingerprint density at radius 3 is 2.90 bits per heavy atom. The highest BCUT2D eigenvalue weighted by atomic mass is 16.5. The van der Waals surface area contributed by atoms with Gasteiger partial charge in [-0.05, 0) is 56.1 Å². The van der Waals surface area contributed by atoms with Crippen molar-refractivity contribution in [1.82, 2.24) is 4.68 Å². The maximum atomic E-state index is 6.66. The molecule has 0 saturated heterocycles. The minimum Gasteiger partial charge on any atom is -0.494 e. The van der Waals surface area contributed by atoms with Gasteiger partial charge in [-0.3, -0.25) is 4.68 Å². The lowest BCUT2D eigenvalue weighted by atomic mass is 9.76. The normalized spacial score (nSPS) is 31.3. The number of nitrogens with zero attached hydrogens (tertiary/aromatic N) is 1. The van der Waals surface area contributed by atoms with Crippen LogP contribution < -0.4 is 16.4 Å². The molecule has 0 saturated carbocycles. The molecular weight excluding hydrogens is 360 g/mol. The zero-order valence-corrected chi connectivity index (χ0v) is 16.8. The van der Waals surface area contributed by atoms with Crippen molar-refractivity contribution in [3.8, 4) is 0 Å². The van der Waals surface area contributed by atoms with Crippen LogP contribution in [0.5, 0.6) is 0 Å². The Kier molecular flexibility index (Phi) is 3.55. The molecule has 5 aliphatic rings. The monoisotopic (exact) mass is 386 g/mol. The number of fused-ring (bicyclic) bond motifs is 6. The van der Waals surface area contributed by atoms with Gasteiger partial charge in [0.25, 0.3) is 0 Å². The fourth-order valence-corrected chi connectivity index (χ4v) is 5.55. The van der Waals surface area contributed by atoms with Gasteiger partial charge in [0.2, 0.25) is 0 Å². The van der Waals surface area contributed by atoms with Crippen molar-refractivity contribution in [2.75, 3.05) is 12.4 Å². The summed E-state index contributed by atoms with van der Waals surface area (Å²) in [4.78, 5) is 0. The number of nitrogens with two attached hydrogens (primary N) is 1. The number of hydrogen-bond donors (Lipinski definition) is 1. The molecule has 6 rings (SSSR count). The first kappa shape index (κ1) is 17.0. The largest absolute Gasteiger partial charge is 0.494 e. The van der Waals surface area contributed by atoms with Gasteiger partial charge in [0.05, 0.1) is 17.0 Å². The van der Waals surface area contributed by atoms with Crippen molar-refractivity contribution in [1.29, 1.82) is 0 Å². The molecule has 0 bridgehead atoms. The third-order valence-electron chi connectivity index (χ3n) is 6.89. The van der Waals surface area contributed by atoms with Gasteiger partial charge >= 0.3 is 0 Å². The Bertz CT molecular complexity index is 1190. The lowest BCUT2D eigenvalue weighted by Gasteiger charge is -2.30. The lowest BCUT2D eigenvalue weighted by Crippen LogP contribution is -2.45. The predicted octanol–water partition coefficient (Wildman–Crippen LogP) is 2.98. The van der Waals surface area contributed by atoms with Crippen LogP contribution in [0.3, 0.4) is 0 Å². The van der Waals surface area contributed by atoms with Crippen LogP contribution in [0.15, 0.2) is 53.0 Å². The fourth-order valence-electron chi connectivity index (χ4n) is 5.55. The third-order valence-corrected chi connectivity index (χ3v) is 6.89. The Hall–Kier alpha value is -2.88. The molecule has 4 heteroatoms. The summed E-state index contributed by atoms with van der Waals surface area (Å²) in [5.74, 6) is 8.95. The third kappa shape index (κ3) is 2.38. The van der Waals surface area contributed by atoms with Crippen LogP contribution in [0.4, 0.5) is 0 Å². The highest BCUT2D eigenvalue weighted by molar-refractivity contribution is 5.65. The molecule has 4 nitrogen and oxygen atoms in total. The molecule has 0 amide bonds. The molecule has 3 heterocycles. The minimum absolute atomic E-state index is 0.156. The number of nitrogen functional groups attached to an aromatic ring is 1. The first-order chi connectivity index (χ1) is 14.2. The van der Waals surface area contributed by atoms with Gasteiger partial charge in [-0.2, -0.15) is 0 Å². The van der Waals surface area contributed by atoms with Gasteiger partial charge in [0, 0.05) is 29.2 Å². The van der Waals surface area contributed by atoms with E-state index in [0.717, 1.165) is 54.7 Å². The Labute approximate surface area is 170 Å². The van der Waals surface area contributed by atoms with Gasteiger partial charge in [-0.1, -0.05) is 24.3 Å². The van der Waals surface area contributed by atoms with Crippen LogP contribution in [0.1, 0.15) is 43.9 Å². The quantitative estimate of drug-likeness (QED) is 0.698. The molecule has 1 aromatic rings. The predicted molar refractivity (Wildman–Crippen MR) is 115 cm³/mol. The number of ether oxygens (including phenoxy) is 2. The van der Waals surface area contributed by atoms with E-state index in [1.165, 1.54) is 21.9 Å². The van der Waals surface area contributed by atoms with Crippen LogP contribution in [0.2, 0.25) is 0 Å². The van der Waals surface area contributed by atoms with E-state index in [4.69, 9.17) is 15.3 Å². The van der Waals surface area contributed by atoms with Crippen molar-refractivity contribution in [3.63, 3.8) is 0 Å². The first-order valence-corrected chi connectivity index (χ1v) is 10.6. The Balaban J connectivity index is 1.53. The lowest BCUT2D eigenvalue weighted by molar-refractivity contribution is 0.0792. The van der Waals surface area contributed by atoms with E-state index in [0.29, 0.717) is 6.61 Å². The average Bonchev–Trinajstić information content (AvgIpc) is 3.21. The topological polar surface area (TPSA) is 49.4 Å². The summed E-state index contributed by atoms with van der Waals surface area (Å²) in [5.41, 5.74) is 4.74. The SMILES string of the molecule is CC12C=c3c4c(n(N)c3=CC1C1=C(CCC3=C1C/C=C\C=C/CO3)O2)C=CCC4. The van der Waals surface area contributed by atoms with Crippen molar-refractivity contribution in [2.45, 2.75) is 44.6 Å². The van der Waals surface area contributed by atoms with Crippen LogP contribution in [0, 0.1) is 5.92 Å². The zero-order chi connectivity index (χ0) is 19.6. The number of rotatable bonds is 0. The van der Waals surface area contributed by atoms with Crippen LogP contribution >= 0.6 is 0 Å². The summed E-state index contributed by atoms with van der Waals surface area (Å²) in [7, 11) is 0. The van der Waals surface area contributed by atoms with Gasteiger partial charge in [-0.15, -0.1) is 0 Å². The summed E-state index contributed by atoms with van der Waals surface area (Å²) < 4.78 is 14.7. The molecule has 0 radical (unpaired) electrons. The van der Waals surface area contributed by atoms with Gasteiger partial charge in [-0.25, -0.2) is 0 Å². The fraction of sp³-hybridized carbons (Fsp3) is 0.360. The highest BCUT2D eigenvalue weighted by Crippen LogP contribution is 2.51. The summed E-state index contributed by atoms with van der Waals surface area (Å²) >= 11 is 0. The first-order valence-electron chi connectivity index (χ1n) is 10.6. The molecule has 2 unspecified atom stereocenters. The summed E-state index contributed by atoms with van der Waals surface area (Å²) in [6, 6.07) is 0. The molecule has 0 aromatic carbocycles. The molecule has 2 atom stereocenters. The Morgan fingerprint density at radius 2 is 1.97 bits per heavy atom. The van der Waals surface area contributed by atoms with E-state index in [1.807, 2.05) is 4.68 Å². The molecule has 2 N–H and O–H groups in total. The molecular formula is C25H26N2O2. The van der Waals surface area contributed by atoms with E-state index in [-0.39, 0.29) is 11.5 Å². The van der Waals surface area contributed by atoms with Crippen LogP contribution in [-0.4, -0.2) is 16.9 Å². The smallest absolute Gasteiger partial charge is 0.135 e. The highest BCUT2D eigenvalue weighted by Gasteiger charge is 2.48. The van der Waals surface area contributed by atoms with Crippen LogP contribution in [0.25, 0.3) is 18.2 Å². The van der Waals surface area contributed by atoms with Crippen molar-refractivity contribution < 1.29 is 9.47 Å². The van der Waals surface area contributed by atoms with Gasteiger partial charge in [0.1, 0.15) is 23.7 Å². The van der Waals surface area contributed by atoms with Gasteiger partial charge < -0.3 is 15.3 Å². The molecule has 1 aromatic heterocycles. The molecule has 3 aliphatic carbocycles. The van der Waals surface area contributed by atoms with E-state index in [1.54, 1.807) is 0 Å². The van der Waals surface area contributed by atoms with Crippen molar-refractivity contribution >= 4 is 18.2 Å². The van der Waals surface area contributed by atoms with E-state index in [2.05, 4.69) is 55.5 Å². The zero-order valence-electron chi connectivity index (χ0n) is 16.8. The van der Waals surface area contributed by atoms with Crippen molar-refractivity contribution in [2.24, 2.45) is 5.92 Å². The second kappa shape index (κ2) is 6.06. The maximum absolute atomic E-state index is 6.66. The molecule has 0 spiro atoms. The number of allylic oxidation sites excluding steroid dienone is 7. The molecule has 2 aliphatic heterocycles. The maximum Gasteiger partial charge on any atom is 0.135 e. The number of hydrogen-bond acceptors (Lipinski definition) is 3. The average molecular weight is 386 g/mol. The van der Waals surface area contributed by atoms with Crippen molar-refractivity contribution in [3.05, 3.63) is 74.9 Å². The summed E-state index contributed by atoms with van der Waals surface area (Å²) in [5, 5.41) is 2.38. The minimum atomic E-state index is -0.364. The second-order valence-electron chi connectivity index (χ2n) is 8.66. The standard InChI is InChI=1S/C25H26N2O2/c1-25-15-18-16-8-5-6-10-20(16)27(26)21(18)14-19(25)24-17-9-4-2-3-7-13-28-22(17)11-12-23(24)29-25/h2-4,6-7,10,14-15,19H,5,8-9,11-13,26H2,1H3/b4-2-,7-3-. The van der Waals surface area contributed by atoms with E-state index in [9.17, 15) is 0 Å².